The van der Waals surface area contributed by atoms with E-state index in [1.165, 1.54) is 11.1 Å². The highest BCUT2D eigenvalue weighted by molar-refractivity contribution is 7.98. The van der Waals surface area contributed by atoms with E-state index in [0.29, 0.717) is 0 Å². The molecule has 3 aromatic carbocycles. The second-order valence-electron chi connectivity index (χ2n) is 4.76. The quantitative estimate of drug-likeness (QED) is 0.399. The van der Waals surface area contributed by atoms with Crippen molar-refractivity contribution in [2.24, 2.45) is 10.2 Å². The SMILES string of the molecule is CSc1c(N=Nc2ccccc2)cccc1-c1ccccc1. The molecular weight excluding hydrogens is 288 g/mol. The second-order valence-corrected chi connectivity index (χ2v) is 5.58. The van der Waals surface area contributed by atoms with E-state index in [2.05, 4.69) is 46.8 Å². The third kappa shape index (κ3) is 3.26. The summed E-state index contributed by atoms with van der Waals surface area (Å²) < 4.78 is 0. The first-order valence-corrected chi connectivity index (χ1v) is 8.30. The molecule has 3 rings (SSSR count). The molecule has 2 nitrogen and oxygen atoms in total. The van der Waals surface area contributed by atoms with Crippen LogP contribution in [0.1, 0.15) is 0 Å². The molecule has 0 bridgehead atoms. The fraction of sp³-hybridized carbons (Fsp3) is 0.0526. The fourth-order valence-electron chi connectivity index (χ4n) is 2.27. The van der Waals surface area contributed by atoms with Gasteiger partial charge in [-0.2, -0.15) is 5.11 Å². The zero-order valence-corrected chi connectivity index (χ0v) is 13.1. The van der Waals surface area contributed by atoms with Gasteiger partial charge in [-0.3, -0.25) is 0 Å². The lowest BCUT2D eigenvalue weighted by atomic mass is 10.1. The van der Waals surface area contributed by atoms with Gasteiger partial charge in [-0.25, -0.2) is 0 Å². The van der Waals surface area contributed by atoms with E-state index >= 15 is 0 Å². The topological polar surface area (TPSA) is 24.7 Å². The molecule has 0 aliphatic rings. The predicted molar refractivity (Wildman–Crippen MR) is 94.3 cm³/mol. The molecule has 0 unspecified atom stereocenters. The molecule has 0 atom stereocenters. The number of hydrogen-bond donors (Lipinski definition) is 0. The van der Waals surface area contributed by atoms with Crippen molar-refractivity contribution in [1.29, 1.82) is 0 Å². The molecule has 0 N–H and O–H groups in total. The van der Waals surface area contributed by atoms with Crippen LogP contribution in [0.2, 0.25) is 0 Å². The number of nitrogens with zero attached hydrogens (tertiary/aromatic N) is 2. The highest BCUT2D eigenvalue weighted by Gasteiger charge is 2.08. The first kappa shape index (κ1) is 14.5. The van der Waals surface area contributed by atoms with Crippen molar-refractivity contribution in [2.75, 3.05) is 6.26 Å². The van der Waals surface area contributed by atoms with E-state index < -0.39 is 0 Å². The monoisotopic (exact) mass is 304 g/mol. The van der Waals surface area contributed by atoms with Crippen molar-refractivity contribution in [3.05, 3.63) is 78.9 Å². The molecule has 0 fully saturated rings. The summed E-state index contributed by atoms with van der Waals surface area (Å²) >= 11 is 1.70. The predicted octanol–water partition coefficient (Wildman–Crippen LogP) is 6.49. The Morgan fingerprint density at radius 2 is 1.36 bits per heavy atom. The minimum atomic E-state index is 0.861. The largest absolute Gasteiger partial charge is 0.151 e. The first-order chi connectivity index (χ1) is 10.9. The van der Waals surface area contributed by atoms with Gasteiger partial charge in [-0.1, -0.05) is 60.7 Å². The fourth-order valence-corrected chi connectivity index (χ4v) is 2.99. The van der Waals surface area contributed by atoms with Crippen LogP contribution in [0.5, 0.6) is 0 Å². The Bertz CT molecular complexity index is 768. The van der Waals surface area contributed by atoms with Crippen LogP contribution >= 0.6 is 11.8 Å². The van der Waals surface area contributed by atoms with Crippen molar-refractivity contribution in [3.63, 3.8) is 0 Å². The lowest BCUT2D eigenvalue weighted by molar-refractivity contribution is 1.19. The highest BCUT2D eigenvalue weighted by atomic mass is 32.2. The van der Waals surface area contributed by atoms with Crippen LogP contribution in [-0.4, -0.2) is 6.26 Å². The molecule has 3 heteroatoms. The molecule has 3 aromatic rings. The molecule has 0 aliphatic heterocycles. The zero-order chi connectivity index (χ0) is 15.2. The van der Waals surface area contributed by atoms with Crippen LogP contribution in [-0.2, 0) is 0 Å². The second kappa shape index (κ2) is 7.05. The molecule has 0 saturated carbocycles. The first-order valence-electron chi connectivity index (χ1n) is 7.07. The van der Waals surface area contributed by atoms with Crippen molar-refractivity contribution in [1.82, 2.24) is 0 Å². The lowest BCUT2D eigenvalue weighted by Crippen LogP contribution is -1.82. The number of benzene rings is 3. The molecule has 0 radical (unpaired) electrons. The minimum Gasteiger partial charge on any atom is -0.151 e. The number of rotatable bonds is 4. The Morgan fingerprint density at radius 1 is 0.682 bits per heavy atom. The van der Waals surface area contributed by atoms with Crippen LogP contribution in [0, 0.1) is 0 Å². The maximum Gasteiger partial charge on any atom is 0.0998 e. The molecule has 0 heterocycles. The van der Waals surface area contributed by atoms with Gasteiger partial charge in [0.25, 0.3) is 0 Å². The van der Waals surface area contributed by atoms with E-state index in [0.717, 1.165) is 16.3 Å². The molecule has 22 heavy (non-hydrogen) atoms. The van der Waals surface area contributed by atoms with E-state index in [-0.39, 0.29) is 0 Å². The average Bonchev–Trinajstić information content (AvgIpc) is 2.61. The number of thioether (sulfide) groups is 1. The van der Waals surface area contributed by atoms with Crippen molar-refractivity contribution < 1.29 is 0 Å². The van der Waals surface area contributed by atoms with Gasteiger partial charge in [0.15, 0.2) is 0 Å². The van der Waals surface area contributed by atoms with Crippen molar-refractivity contribution in [3.8, 4) is 11.1 Å². The van der Waals surface area contributed by atoms with E-state index in [1.807, 2.05) is 48.5 Å². The third-order valence-electron chi connectivity index (χ3n) is 3.31. The Morgan fingerprint density at radius 3 is 2.05 bits per heavy atom. The summed E-state index contributed by atoms with van der Waals surface area (Å²) in [6, 6.07) is 26.3. The normalized spacial score (nSPS) is 11.0. The summed E-state index contributed by atoms with van der Waals surface area (Å²) in [6.45, 7) is 0. The maximum absolute atomic E-state index is 4.44. The standard InChI is InChI=1S/C19H16N2S/c1-22-19-17(15-9-4-2-5-10-15)13-8-14-18(19)21-20-16-11-6-3-7-12-16/h2-14H,1H3. The zero-order valence-electron chi connectivity index (χ0n) is 12.3. The summed E-state index contributed by atoms with van der Waals surface area (Å²) in [4.78, 5) is 1.15. The van der Waals surface area contributed by atoms with Crippen LogP contribution in [0.25, 0.3) is 11.1 Å². The van der Waals surface area contributed by atoms with Crippen LogP contribution in [0.3, 0.4) is 0 Å². The van der Waals surface area contributed by atoms with Crippen LogP contribution < -0.4 is 0 Å². The summed E-state index contributed by atoms with van der Waals surface area (Å²) in [6.07, 6.45) is 2.07. The highest BCUT2D eigenvalue weighted by Crippen LogP contribution is 2.38. The minimum absolute atomic E-state index is 0.861. The van der Waals surface area contributed by atoms with Crippen molar-refractivity contribution >= 4 is 23.1 Å². The maximum atomic E-state index is 4.44. The Kier molecular flexibility index (Phi) is 4.66. The summed E-state index contributed by atoms with van der Waals surface area (Å²) in [7, 11) is 0. The smallest absolute Gasteiger partial charge is 0.0998 e. The van der Waals surface area contributed by atoms with Gasteiger partial charge in [0, 0.05) is 4.90 Å². The Labute approximate surface area is 134 Å². The van der Waals surface area contributed by atoms with Gasteiger partial charge >= 0.3 is 0 Å². The molecule has 0 amide bonds. The van der Waals surface area contributed by atoms with E-state index in [4.69, 9.17) is 0 Å². The van der Waals surface area contributed by atoms with Gasteiger partial charge in [0.1, 0.15) is 0 Å². The Balaban J connectivity index is 2.01. The van der Waals surface area contributed by atoms with Gasteiger partial charge < -0.3 is 0 Å². The molecule has 108 valence electrons. The molecule has 0 aliphatic carbocycles. The molecule has 0 spiro atoms. The van der Waals surface area contributed by atoms with Crippen molar-refractivity contribution in [2.45, 2.75) is 4.90 Å². The van der Waals surface area contributed by atoms with Gasteiger partial charge in [0.2, 0.25) is 0 Å². The molecular formula is C19H16N2S. The summed E-state index contributed by atoms with van der Waals surface area (Å²) in [5, 5.41) is 8.77. The summed E-state index contributed by atoms with van der Waals surface area (Å²) in [5.74, 6) is 0. The van der Waals surface area contributed by atoms with E-state index in [9.17, 15) is 0 Å². The van der Waals surface area contributed by atoms with E-state index in [1.54, 1.807) is 11.8 Å². The summed E-state index contributed by atoms with van der Waals surface area (Å²) in [5.41, 5.74) is 4.15. The number of hydrogen-bond acceptors (Lipinski definition) is 3. The molecule has 0 aromatic heterocycles. The molecule has 0 saturated heterocycles. The van der Waals surface area contributed by atoms with Gasteiger partial charge in [-0.15, -0.1) is 16.9 Å². The van der Waals surface area contributed by atoms with Gasteiger partial charge in [-0.05, 0) is 35.6 Å². The van der Waals surface area contributed by atoms with Crippen LogP contribution in [0.4, 0.5) is 11.4 Å². The number of azo groups is 1. The third-order valence-corrected chi connectivity index (χ3v) is 4.15. The average molecular weight is 304 g/mol. The lowest BCUT2D eigenvalue weighted by Gasteiger charge is -2.09. The van der Waals surface area contributed by atoms with Crippen LogP contribution in [0.15, 0.2) is 94.0 Å². The van der Waals surface area contributed by atoms with Gasteiger partial charge in [0.05, 0.1) is 11.4 Å². The Hall–Kier alpha value is -2.39.